The maximum Gasteiger partial charge on any atom is 0.0873 e. The monoisotopic (exact) mass is 348 g/mol. The number of piperazine rings is 1. The number of nitrogens with zero attached hydrogens (tertiary/aromatic N) is 1. The minimum Gasteiger partial charge on any atom is -0.368 e. The Labute approximate surface area is 145 Å². The highest BCUT2D eigenvalue weighted by atomic mass is 35.5. The summed E-state index contributed by atoms with van der Waals surface area (Å²) in [7, 11) is -1.24. The zero-order valence-electron chi connectivity index (χ0n) is 13.4. The van der Waals surface area contributed by atoms with E-state index in [1.54, 1.807) is 0 Å². The van der Waals surface area contributed by atoms with Gasteiger partial charge in [-0.25, -0.2) is 4.21 Å². The van der Waals surface area contributed by atoms with Gasteiger partial charge in [-0.3, -0.25) is 0 Å². The third-order valence-electron chi connectivity index (χ3n) is 4.25. The summed E-state index contributed by atoms with van der Waals surface area (Å²) in [5, 5.41) is 4.06. The van der Waals surface area contributed by atoms with Crippen LogP contribution in [-0.2, 0) is 10.8 Å². The van der Waals surface area contributed by atoms with Crippen molar-refractivity contribution < 1.29 is 4.21 Å². The van der Waals surface area contributed by atoms with E-state index in [1.807, 2.05) is 44.2 Å². The number of aryl methyl sites for hydroxylation is 1. The molecule has 0 amide bonds. The molecule has 0 bridgehead atoms. The molecule has 1 N–H and O–H groups in total. The van der Waals surface area contributed by atoms with Gasteiger partial charge in [-0.2, -0.15) is 0 Å². The maximum absolute atomic E-state index is 13.2. The molecule has 0 saturated carbocycles. The Bertz CT molecular complexity index is 742. The predicted molar refractivity (Wildman–Crippen MR) is 97.1 cm³/mol. The molecule has 1 fully saturated rings. The first-order valence-corrected chi connectivity index (χ1v) is 9.34. The summed E-state index contributed by atoms with van der Waals surface area (Å²) in [5.74, 6) is 0. The molecule has 1 heterocycles. The van der Waals surface area contributed by atoms with Gasteiger partial charge in [0.05, 0.1) is 21.4 Å². The van der Waals surface area contributed by atoms with Crippen molar-refractivity contribution in [3.63, 3.8) is 0 Å². The van der Waals surface area contributed by atoms with Crippen molar-refractivity contribution in [1.29, 1.82) is 0 Å². The summed E-state index contributed by atoms with van der Waals surface area (Å²) >= 11 is 6.35. The van der Waals surface area contributed by atoms with E-state index < -0.39 is 10.8 Å². The molecule has 1 aliphatic rings. The number of hydrogen-bond donors (Lipinski definition) is 1. The second kappa shape index (κ2) is 7.04. The number of benzene rings is 2. The Kier molecular flexibility index (Phi) is 5.05. The van der Waals surface area contributed by atoms with E-state index in [0.29, 0.717) is 5.02 Å². The van der Waals surface area contributed by atoms with Crippen molar-refractivity contribution >= 4 is 28.1 Å². The second-order valence-electron chi connectivity index (χ2n) is 5.79. The largest absolute Gasteiger partial charge is 0.368 e. The highest BCUT2D eigenvalue weighted by molar-refractivity contribution is 7.85. The predicted octanol–water partition coefficient (Wildman–Crippen LogP) is 3.53. The summed E-state index contributed by atoms with van der Waals surface area (Å²) in [6.45, 7) is 7.68. The van der Waals surface area contributed by atoms with E-state index in [4.69, 9.17) is 11.6 Å². The first kappa shape index (κ1) is 16.5. The Morgan fingerprint density at radius 1 is 1.04 bits per heavy atom. The minimum absolute atomic E-state index is 0.704. The molecule has 122 valence electrons. The molecule has 1 unspecified atom stereocenters. The smallest absolute Gasteiger partial charge is 0.0873 e. The van der Waals surface area contributed by atoms with Crippen molar-refractivity contribution in [3.8, 4) is 0 Å². The number of para-hydroxylation sites is 1. The van der Waals surface area contributed by atoms with Crippen LogP contribution in [0.15, 0.2) is 46.2 Å². The van der Waals surface area contributed by atoms with Crippen LogP contribution in [0, 0.1) is 13.8 Å². The summed E-state index contributed by atoms with van der Waals surface area (Å²) in [6, 6.07) is 11.8. The molecule has 5 heteroatoms. The quantitative estimate of drug-likeness (QED) is 0.920. The molecule has 0 spiro atoms. The average Bonchev–Trinajstić information content (AvgIpc) is 2.60. The third-order valence-corrected chi connectivity index (χ3v) is 6.42. The van der Waals surface area contributed by atoms with E-state index in [1.165, 1.54) is 0 Å². The molecule has 23 heavy (non-hydrogen) atoms. The Morgan fingerprint density at radius 2 is 1.74 bits per heavy atom. The minimum atomic E-state index is -1.24. The lowest BCUT2D eigenvalue weighted by molar-refractivity contribution is 0.586. The molecule has 0 radical (unpaired) electrons. The van der Waals surface area contributed by atoms with Gasteiger partial charge in [0, 0.05) is 36.1 Å². The number of anilines is 1. The van der Waals surface area contributed by atoms with E-state index in [2.05, 4.69) is 16.3 Å². The number of rotatable bonds is 3. The fourth-order valence-corrected chi connectivity index (χ4v) is 4.52. The molecule has 2 aromatic rings. The zero-order chi connectivity index (χ0) is 16.4. The lowest BCUT2D eigenvalue weighted by atomic mass is 10.1. The Hall–Kier alpha value is -1.36. The molecule has 0 aliphatic carbocycles. The highest BCUT2D eigenvalue weighted by Crippen LogP contribution is 2.32. The summed E-state index contributed by atoms with van der Waals surface area (Å²) in [4.78, 5) is 3.95. The maximum atomic E-state index is 13.2. The SMILES string of the molecule is Cc1ccc(S(=O)c2ccccc2N2CCNCC2)c(C)c1Cl. The van der Waals surface area contributed by atoms with Crippen LogP contribution in [0.2, 0.25) is 5.02 Å². The van der Waals surface area contributed by atoms with Crippen LogP contribution in [0.1, 0.15) is 11.1 Å². The number of hydrogen-bond acceptors (Lipinski definition) is 3. The van der Waals surface area contributed by atoms with Gasteiger partial charge in [0.25, 0.3) is 0 Å². The van der Waals surface area contributed by atoms with Crippen molar-refractivity contribution in [2.75, 3.05) is 31.1 Å². The van der Waals surface area contributed by atoms with Crippen LogP contribution < -0.4 is 10.2 Å². The average molecular weight is 349 g/mol. The standard InChI is InChI=1S/C18H21ClN2OS/c1-13-7-8-16(14(2)18(13)19)23(22)17-6-4-3-5-15(17)21-11-9-20-10-12-21/h3-8,20H,9-12H2,1-2H3. The Balaban J connectivity index is 2.02. The van der Waals surface area contributed by atoms with Gasteiger partial charge in [-0.15, -0.1) is 0 Å². The highest BCUT2D eigenvalue weighted by Gasteiger charge is 2.20. The van der Waals surface area contributed by atoms with Gasteiger partial charge >= 0.3 is 0 Å². The molecule has 1 aliphatic heterocycles. The lowest BCUT2D eigenvalue weighted by Gasteiger charge is -2.31. The summed E-state index contributed by atoms with van der Waals surface area (Å²) in [5.41, 5.74) is 2.98. The van der Waals surface area contributed by atoms with E-state index in [-0.39, 0.29) is 0 Å². The van der Waals surface area contributed by atoms with E-state index in [0.717, 1.165) is 52.8 Å². The Morgan fingerprint density at radius 3 is 2.48 bits per heavy atom. The van der Waals surface area contributed by atoms with Gasteiger partial charge in [0.2, 0.25) is 0 Å². The molecule has 2 aromatic carbocycles. The van der Waals surface area contributed by atoms with Crippen molar-refractivity contribution in [2.24, 2.45) is 0 Å². The van der Waals surface area contributed by atoms with Gasteiger partial charge in [-0.1, -0.05) is 29.8 Å². The first-order chi connectivity index (χ1) is 11.1. The molecule has 3 nitrogen and oxygen atoms in total. The van der Waals surface area contributed by atoms with E-state index in [9.17, 15) is 4.21 Å². The van der Waals surface area contributed by atoms with E-state index >= 15 is 0 Å². The first-order valence-electron chi connectivity index (χ1n) is 7.82. The number of halogens is 1. The zero-order valence-corrected chi connectivity index (χ0v) is 15.0. The van der Waals surface area contributed by atoms with Gasteiger partial charge in [-0.05, 0) is 43.2 Å². The third kappa shape index (κ3) is 3.30. The van der Waals surface area contributed by atoms with Crippen molar-refractivity contribution in [3.05, 3.63) is 52.5 Å². The molecule has 1 atom stereocenters. The van der Waals surface area contributed by atoms with Crippen LogP contribution in [0.4, 0.5) is 5.69 Å². The fraction of sp³-hybridized carbons (Fsp3) is 0.333. The molecule has 1 saturated heterocycles. The van der Waals surface area contributed by atoms with Crippen molar-refractivity contribution in [1.82, 2.24) is 5.32 Å². The molecular formula is C18H21ClN2OS. The topological polar surface area (TPSA) is 32.3 Å². The summed E-state index contributed by atoms with van der Waals surface area (Å²) in [6.07, 6.45) is 0. The van der Waals surface area contributed by atoms with Crippen molar-refractivity contribution in [2.45, 2.75) is 23.6 Å². The van der Waals surface area contributed by atoms with Crippen LogP contribution in [0.5, 0.6) is 0 Å². The molecule has 0 aromatic heterocycles. The van der Waals surface area contributed by atoms with Gasteiger partial charge in [0.15, 0.2) is 0 Å². The van der Waals surface area contributed by atoms with Crippen LogP contribution in [0.25, 0.3) is 0 Å². The van der Waals surface area contributed by atoms with Gasteiger partial charge in [0.1, 0.15) is 0 Å². The fourth-order valence-electron chi connectivity index (χ4n) is 2.90. The second-order valence-corrected chi connectivity index (χ2v) is 7.59. The normalized spacial score (nSPS) is 16.4. The molecular weight excluding hydrogens is 328 g/mol. The van der Waals surface area contributed by atoms with Crippen LogP contribution in [-0.4, -0.2) is 30.4 Å². The van der Waals surface area contributed by atoms with Crippen LogP contribution >= 0.6 is 11.6 Å². The molecule has 3 rings (SSSR count). The summed E-state index contributed by atoms with van der Waals surface area (Å²) < 4.78 is 13.2. The van der Waals surface area contributed by atoms with Crippen LogP contribution in [0.3, 0.4) is 0 Å². The lowest BCUT2D eigenvalue weighted by Crippen LogP contribution is -2.43. The van der Waals surface area contributed by atoms with Gasteiger partial charge < -0.3 is 10.2 Å². The number of nitrogens with one attached hydrogen (secondary N) is 1.